The Kier molecular flexibility index (Phi) is 3.39. The minimum absolute atomic E-state index is 0.404. The largest absolute Gasteiger partial charge is 0.496 e. The highest BCUT2D eigenvalue weighted by Crippen LogP contribution is 2.35. The van der Waals surface area contributed by atoms with Gasteiger partial charge in [-0.25, -0.2) is 0 Å². The number of ether oxygens (including phenoxy) is 1. The molecule has 18 heavy (non-hydrogen) atoms. The van der Waals surface area contributed by atoms with Crippen LogP contribution >= 0.6 is 0 Å². The Morgan fingerprint density at radius 1 is 1.22 bits per heavy atom. The molecule has 1 heterocycles. The van der Waals surface area contributed by atoms with Crippen LogP contribution in [0.3, 0.4) is 0 Å². The number of hydrogen-bond acceptors (Lipinski definition) is 4. The van der Waals surface area contributed by atoms with Gasteiger partial charge in [-0.1, -0.05) is 5.16 Å². The fourth-order valence-corrected chi connectivity index (χ4v) is 1.98. The second kappa shape index (κ2) is 4.82. The van der Waals surface area contributed by atoms with Gasteiger partial charge >= 0.3 is 0 Å². The monoisotopic (exact) mass is 246 g/mol. The maximum atomic E-state index is 5.75. The summed E-state index contributed by atoms with van der Waals surface area (Å²) in [7, 11) is 1.65. The van der Waals surface area contributed by atoms with Crippen molar-refractivity contribution in [1.82, 2.24) is 5.16 Å². The summed E-state index contributed by atoms with van der Waals surface area (Å²) in [6, 6.07) is 4.05. The van der Waals surface area contributed by atoms with Gasteiger partial charge < -0.3 is 15.0 Å². The predicted octanol–water partition coefficient (Wildman–Crippen LogP) is 2.73. The van der Waals surface area contributed by atoms with Crippen LogP contribution in [-0.4, -0.2) is 12.3 Å². The van der Waals surface area contributed by atoms with Crippen molar-refractivity contribution in [3.05, 3.63) is 34.5 Å². The van der Waals surface area contributed by atoms with E-state index in [1.807, 2.05) is 19.1 Å². The molecule has 0 amide bonds. The van der Waals surface area contributed by atoms with Crippen LogP contribution in [0.4, 0.5) is 0 Å². The first-order valence-electron chi connectivity index (χ1n) is 5.89. The van der Waals surface area contributed by atoms with Gasteiger partial charge in [-0.15, -0.1) is 0 Å². The van der Waals surface area contributed by atoms with E-state index in [1.165, 1.54) is 11.1 Å². The second-order valence-corrected chi connectivity index (χ2v) is 4.42. The number of nitrogens with zero attached hydrogens (tertiary/aromatic N) is 1. The number of nitrogens with two attached hydrogens (primary N) is 1. The summed E-state index contributed by atoms with van der Waals surface area (Å²) in [5.41, 5.74) is 10.8. The van der Waals surface area contributed by atoms with Gasteiger partial charge in [0.1, 0.15) is 5.75 Å². The number of rotatable bonds is 3. The molecule has 0 saturated heterocycles. The Hall–Kier alpha value is -1.81. The highest BCUT2D eigenvalue weighted by atomic mass is 16.5. The third-order valence-corrected chi connectivity index (χ3v) is 3.25. The van der Waals surface area contributed by atoms with Crippen LogP contribution in [0.2, 0.25) is 0 Å². The SMILES string of the molecule is COc1cc(C)c(C)cc1-c1onc(C)c1CN. The molecule has 0 saturated carbocycles. The topological polar surface area (TPSA) is 61.3 Å². The van der Waals surface area contributed by atoms with Crippen molar-refractivity contribution < 1.29 is 9.26 Å². The minimum atomic E-state index is 0.404. The van der Waals surface area contributed by atoms with Crippen molar-refractivity contribution in [1.29, 1.82) is 0 Å². The molecule has 2 N–H and O–H groups in total. The van der Waals surface area contributed by atoms with Gasteiger partial charge in [-0.2, -0.15) is 0 Å². The smallest absolute Gasteiger partial charge is 0.175 e. The van der Waals surface area contributed by atoms with Gasteiger partial charge in [0, 0.05) is 12.1 Å². The van der Waals surface area contributed by atoms with Gasteiger partial charge in [0.2, 0.25) is 0 Å². The van der Waals surface area contributed by atoms with E-state index in [0.717, 1.165) is 22.6 Å². The van der Waals surface area contributed by atoms with Crippen molar-refractivity contribution in [3.63, 3.8) is 0 Å². The molecule has 0 unspecified atom stereocenters. The lowest BCUT2D eigenvalue weighted by Gasteiger charge is -2.10. The van der Waals surface area contributed by atoms with E-state index in [0.29, 0.717) is 12.3 Å². The molecule has 0 aliphatic carbocycles. The fourth-order valence-electron chi connectivity index (χ4n) is 1.98. The second-order valence-electron chi connectivity index (χ2n) is 4.42. The maximum Gasteiger partial charge on any atom is 0.175 e. The first kappa shape index (κ1) is 12.6. The highest BCUT2D eigenvalue weighted by Gasteiger charge is 2.18. The zero-order valence-corrected chi connectivity index (χ0v) is 11.2. The molecule has 0 bridgehead atoms. The molecule has 2 rings (SSSR count). The third-order valence-electron chi connectivity index (χ3n) is 3.25. The van der Waals surface area contributed by atoms with Crippen LogP contribution < -0.4 is 10.5 Å². The summed E-state index contributed by atoms with van der Waals surface area (Å²) in [5, 5.41) is 3.98. The Bertz CT molecular complexity index is 573. The van der Waals surface area contributed by atoms with Gasteiger partial charge in [-0.3, -0.25) is 0 Å². The molecule has 1 aromatic carbocycles. The van der Waals surface area contributed by atoms with Crippen molar-refractivity contribution in [2.45, 2.75) is 27.3 Å². The average molecular weight is 246 g/mol. The molecule has 96 valence electrons. The predicted molar refractivity (Wildman–Crippen MR) is 70.6 cm³/mol. The molecule has 0 atom stereocenters. The lowest BCUT2D eigenvalue weighted by Crippen LogP contribution is -2.00. The molecular weight excluding hydrogens is 228 g/mol. The summed E-state index contributed by atoms with van der Waals surface area (Å²) in [5.74, 6) is 1.49. The Labute approximate surface area is 107 Å². The minimum Gasteiger partial charge on any atom is -0.496 e. The van der Waals surface area contributed by atoms with Gasteiger partial charge in [0.15, 0.2) is 5.76 Å². The van der Waals surface area contributed by atoms with Crippen LogP contribution in [0, 0.1) is 20.8 Å². The lowest BCUT2D eigenvalue weighted by molar-refractivity contribution is 0.404. The summed E-state index contributed by atoms with van der Waals surface area (Å²) < 4.78 is 10.8. The van der Waals surface area contributed by atoms with Gasteiger partial charge in [-0.05, 0) is 44.0 Å². The number of aryl methyl sites for hydroxylation is 3. The number of methoxy groups -OCH3 is 1. The zero-order chi connectivity index (χ0) is 13.3. The van der Waals surface area contributed by atoms with Crippen molar-refractivity contribution in [2.24, 2.45) is 5.73 Å². The molecule has 0 fully saturated rings. The molecular formula is C14H18N2O2. The van der Waals surface area contributed by atoms with E-state index in [2.05, 4.69) is 19.0 Å². The first-order chi connectivity index (χ1) is 8.58. The standard InChI is InChI=1S/C14H18N2O2/c1-8-5-11(13(17-4)6-9(8)2)14-12(7-15)10(3)16-18-14/h5-6H,7,15H2,1-4H3. The van der Waals surface area contributed by atoms with Gasteiger partial charge in [0.25, 0.3) is 0 Å². The van der Waals surface area contributed by atoms with Crippen molar-refractivity contribution in [2.75, 3.05) is 7.11 Å². The summed E-state index contributed by atoms with van der Waals surface area (Å²) in [4.78, 5) is 0. The molecule has 1 aromatic heterocycles. The summed E-state index contributed by atoms with van der Waals surface area (Å²) in [6.45, 7) is 6.41. The Morgan fingerprint density at radius 3 is 2.50 bits per heavy atom. The summed E-state index contributed by atoms with van der Waals surface area (Å²) in [6.07, 6.45) is 0. The molecule has 0 aliphatic rings. The Morgan fingerprint density at radius 2 is 1.89 bits per heavy atom. The van der Waals surface area contributed by atoms with Crippen LogP contribution in [0.5, 0.6) is 5.75 Å². The molecule has 4 heteroatoms. The van der Waals surface area contributed by atoms with Crippen molar-refractivity contribution >= 4 is 0 Å². The van der Waals surface area contributed by atoms with Crippen molar-refractivity contribution in [3.8, 4) is 17.1 Å². The van der Waals surface area contributed by atoms with Crippen LogP contribution in [0.25, 0.3) is 11.3 Å². The third kappa shape index (κ3) is 1.99. The normalized spacial score (nSPS) is 10.7. The highest BCUT2D eigenvalue weighted by molar-refractivity contribution is 5.70. The maximum absolute atomic E-state index is 5.75. The van der Waals surface area contributed by atoms with E-state index in [-0.39, 0.29) is 0 Å². The van der Waals surface area contributed by atoms with E-state index in [4.69, 9.17) is 15.0 Å². The fraction of sp³-hybridized carbons (Fsp3) is 0.357. The van der Waals surface area contributed by atoms with E-state index < -0.39 is 0 Å². The number of benzene rings is 1. The number of aromatic nitrogens is 1. The number of hydrogen-bond donors (Lipinski definition) is 1. The quantitative estimate of drug-likeness (QED) is 0.904. The zero-order valence-electron chi connectivity index (χ0n) is 11.2. The molecule has 0 spiro atoms. The first-order valence-corrected chi connectivity index (χ1v) is 5.89. The van der Waals surface area contributed by atoms with Gasteiger partial charge in [0.05, 0.1) is 18.4 Å². The van der Waals surface area contributed by atoms with E-state index in [1.54, 1.807) is 7.11 Å². The van der Waals surface area contributed by atoms with Crippen LogP contribution in [-0.2, 0) is 6.54 Å². The molecule has 0 radical (unpaired) electrons. The molecule has 2 aromatic rings. The molecule has 4 nitrogen and oxygen atoms in total. The van der Waals surface area contributed by atoms with E-state index in [9.17, 15) is 0 Å². The van der Waals surface area contributed by atoms with Crippen LogP contribution in [0.1, 0.15) is 22.4 Å². The lowest BCUT2D eigenvalue weighted by atomic mass is 10.0. The van der Waals surface area contributed by atoms with Crippen LogP contribution in [0.15, 0.2) is 16.7 Å². The average Bonchev–Trinajstić information content (AvgIpc) is 2.73. The molecule has 0 aliphatic heterocycles. The van der Waals surface area contributed by atoms with E-state index >= 15 is 0 Å². The summed E-state index contributed by atoms with van der Waals surface area (Å²) >= 11 is 0. The Balaban J connectivity index is 2.66.